The standard InChI is InChI=1S/C14H31NO/c1-6-8-10-13(9-7-2)15-11-12-16-14(3,4)5/h13,15H,6-12H2,1-5H3. The lowest BCUT2D eigenvalue weighted by atomic mass is 10.1. The van der Waals surface area contributed by atoms with Crippen molar-refractivity contribution in [2.45, 2.75) is 78.4 Å². The topological polar surface area (TPSA) is 21.3 Å². The predicted molar refractivity (Wildman–Crippen MR) is 71.9 cm³/mol. The first kappa shape index (κ1) is 15.9. The second-order valence-electron chi connectivity index (χ2n) is 5.54. The van der Waals surface area contributed by atoms with Crippen molar-refractivity contribution in [2.24, 2.45) is 0 Å². The van der Waals surface area contributed by atoms with Crippen LogP contribution in [0.4, 0.5) is 0 Å². The molecule has 0 aromatic heterocycles. The molecule has 0 radical (unpaired) electrons. The molecule has 0 heterocycles. The van der Waals surface area contributed by atoms with Crippen LogP contribution in [0.5, 0.6) is 0 Å². The number of hydrogen-bond donors (Lipinski definition) is 1. The van der Waals surface area contributed by atoms with Crippen LogP contribution in [0.2, 0.25) is 0 Å². The van der Waals surface area contributed by atoms with Crippen molar-refractivity contribution in [3.8, 4) is 0 Å². The third-order valence-electron chi connectivity index (χ3n) is 2.61. The molecule has 0 bridgehead atoms. The fraction of sp³-hybridized carbons (Fsp3) is 1.00. The van der Waals surface area contributed by atoms with Gasteiger partial charge < -0.3 is 10.1 Å². The molecule has 0 aliphatic rings. The molecule has 2 heteroatoms. The van der Waals surface area contributed by atoms with Crippen LogP contribution < -0.4 is 5.32 Å². The molecule has 0 spiro atoms. The van der Waals surface area contributed by atoms with E-state index >= 15 is 0 Å². The molecule has 0 aliphatic heterocycles. The van der Waals surface area contributed by atoms with Crippen molar-refractivity contribution in [2.75, 3.05) is 13.2 Å². The smallest absolute Gasteiger partial charge is 0.0599 e. The first-order valence-corrected chi connectivity index (χ1v) is 6.87. The van der Waals surface area contributed by atoms with Gasteiger partial charge in [-0.3, -0.25) is 0 Å². The van der Waals surface area contributed by atoms with Gasteiger partial charge in [0.05, 0.1) is 12.2 Å². The van der Waals surface area contributed by atoms with Gasteiger partial charge in [0.1, 0.15) is 0 Å². The third-order valence-corrected chi connectivity index (χ3v) is 2.61. The van der Waals surface area contributed by atoms with Gasteiger partial charge in [-0.2, -0.15) is 0 Å². The average molecular weight is 229 g/mol. The van der Waals surface area contributed by atoms with Crippen molar-refractivity contribution in [1.82, 2.24) is 5.32 Å². The van der Waals surface area contributed by atoms with Gasteiger partial charge in [0, 0.05) is 12.6 Å². The van der Waals surface area contributed by atoms with E-state index in [0.29, 0.717) is 6.04 Å². The summed E-state index contributed by atoms with van der Waals surface area (Å²) < 4.78 is 5.70. The summed E-state index contributed by atoms with van der Waals surface area (Å²) in [5.74, 6) is 0. The van der Waals surface area contributed by atoms with E-state index in [1.54, 1.807) is 0 Å². The zero-order valence-electron chi connectivity index (χ0n) is 11.9. The molecule has 0 aromatic rings. The van der Waals surface area contributed by atoms with Crippen molar-refractivity contribution in [1.29, 1.82) is 0 Å². The van der Waals surface area contributed by atoms with Gasteiger partial charge in [-0.05, 0) is 33.6 Å². The van der Waals surface area contributed by atoms with Crippen molar-refractivity contribution < 1.29 is 4.74 Å². The maximum Gasteiger partial charge on any atom is 0.0599 e. The second kappa shape index (κ2) is 9.00. The Labute approximate surface area is 102 Å². The van der Waals surface area contributed by atoms with E-state index in [4.69, 9.17) is 4.74 Å². The Morgan fingerprint density at radius 1 is 1.06 bits per heavy atom. The molecule has 0 aromatic carbocycles. The Hall–Kier alpha value is -0.0800. The fourth-order valence-electron chi connectivity index (χ4n) is 1.77. The lowest BCUT2D eigenvalue weighted by molar-refractivity contribution is -0.00180. The molecule has 0 amide bonds. The second-order valence-corrected chi connectivity index (χ2v) is 5.54. The molecule has 1 atom stereocenters. The summed E-state index contributed by atoms with van der Waals surface area (Å²) in [5.41, 5.74) is -0.00858. The van der Waals surface area contributed by atoms with E-state index in [9.17, 15) is 0 Å². The molecule has 1 N–H and O–H groups in total. The Morgan fingerprint density at radius 3 is 2.25 bits per heavy atom. The number of rotatable bonds is 9. The van der Waals surface area contributed by atoms with Gasteiger partial charge in [-0.1, -0.05) is 33.1 Å². The minimum Gasteiger partial charge on any atom is -0.375 e. The molecule has 0 aliphatic carbocycles. The highest BCUT2D eigenvalue weighted by atomic mass is 16.5. The molecular formula is C14H31NO. The molecule has 98 valence electrons. The van der Waals surface area contributed by atoms with E-state index in [1.807, 2.05) is 0 Å². The van der Waals surface area contributed by atoms with Gasteiger partial charge in [0.2, 0.25) is 0 Å². The van der Waals surface area contributed by atoms with E-state index in [0.717, 1.165) is 13.2 Å². The first-order valence-electron chi connectivity index (χ1n) is 6.87. The van der Waals surface area contributed by atoms with Crippen molar-refractivity contribution in [3.63, 3.8) is 0 Å². The van der Waals surface area contributed by atoms with Gasteiger partial charge in [0.25, 0.3) is 0 Å². The van der Waals surface area contributed by atoms with Gasteiger partial charge in [-0.25, -0.2) is 0 Å². The monoisotopic (exact) mass is 229 g/mol. The lowest BCUT2D eigenvalue weighted by Crippen LogP contribution is -2.33. The van der Waals surface area contributed by atoms with Crippen LogP contribution in [0.3, 0.4) is 0 Å². The number of unbranched alkanes of at least 4 members (excludes halogenated alkanes) is 1. The molecule has 16 heavy (non-hydrogen) atoms. The maximum atomic E-state index is 5.70. The van der Waals surface area contributed by atoms with E-state index in [2.05, 4.69) is 39.9 Å². The Balaban J connectivity index is 3.59. The summed E-state index contributed by atoms with van der Waals surface area (Å²) in [6.45, 7) is 12.6. The van der Waals surface area contributed by atoms with Gasteiger partial charge >= 0.3 is 0 Å². The van der Waals surface area contributed by atoms with Crippen LogP contribution in [0.15, 0.2) is 0 Å². The van der Waals surface area contributed by atoms with Gasteiger partial charge in [0.15, 0.2) is 0 Å². The molecule has 0 fully saturated rings. The molecule has 1 unspecified atom stereocenters. The predicted octanol–water partition coefficient (Wildman–Crippen LogP) is 3.75. The Morgan fingerprint density at radius 2 is 1.75 bits per heavy atom. The highest BCUT2D eigenvalue weighted by Gasteiger charge is 2.10. The fourth-order valence-corrected chi connectivity index (χ4v) is 1.77. The largest absolute Gasteiger partial charge is 0.375 e. The number of ether oxygens (including phenoxy) is 1. The first-order chi connectivity index (χ1) is 7.49. The lowest BCUT2D eigenvalue weighted by Gasteiger charge is -2.22. The SMILES string of the molecule is CCCCC(CCC)NCCOC(C)(C)C. The van der Waals surface area contributed by atoms with E-state index < -0.39 is 0 Å². The van der Waals surface area contributed by atoms with Crippen LogP contribution in [0.25, 0.3) is 0 Å². The van der Waals surface area contributed by atoms with Crippen LogP contribution in [0.1, 0.15) is 66.7 Å². The summed E-state index contributed by atoms with van der Waals surface area (Å²) in [5, 5.41) is 3.60. The summed E-state index contributed by atoms with van der Waals surface area (Å²) in [4.78, 5) is 0. The van der Waals surface area contributed by atoms with E-state index in [-0.39, 0.29) is 5.60 Å². The Kier molecular flexibility index (Phi) is 8.96. The normalized spacial score (nSPS) is 14.1. The summed E-state index contributed by atoms with van der Waals surface area (Å²) in [7, 11) is 0. The summed E-state index contributed by atoms with van der Waals surface area (Å²) >= 11 is 0. The molecule has 0 saturated carbocycles. The number of nitrogens with one attached hydrogen (secondary N) is 1. The van der Waals surface area contributed by atoms with Crippen LogP contribution in [-0.2, 0) is 4.74 Å². The number of hydrogen-bond acceptors (Lipinski definition) is 2. The van der Waals surface area contributed by atoms with Gasteiger partial charge in [-0.15, -0.1) is 0 Å². The van der Waals surface area contributed by atoms with Crippen LogP contribution in [-0.4, -0.2) is 24.8 Å². The third kappa shape index (κ3) is 10.4. The molecule has 0 saturated heterocycles. The van der Waals surface area contributed by atoms with E-state index in [1.165, 1.54) is 32.1 Å². The minimum absolute atomic E-state index is 0.00858. The highest BCUT2D eigenvalue weighted by Crippen LogP contribution is 2.08. The highest BCUT2D eigenvalue weighted by molar-refractivity contribution is 4.67. The van der Waals surface area contributed by atoms with Crippen LogP contribution in [0, 0.1) is 0 Å². The molecule has 2 nitrogen and oxygen atoms in total. The van der Waals surface area contributed by atoms with Crippen LogP contribution >= 0.6 is 0 Å². The Bertz CT molecular complexity index is 151. The average Bonchev–Trinajstić information content (AvgIpc) is 2.19. The van der Waals surface area contributed by atoms with Crippen molar-refractivity contribution in [3.05, 3.63) is 0 Å². The minimum atomic E-state index is -0.00858. The quantitative estimate of drug-likeness (QED) is 0.608. The summed E-state index contributed by atoms with van der Waals surface area (Å²) in [6.07, 6.45) is 6.48. The molecule has 0 rings (SSSR count). The zero-order chi connectivity index (χ0) is 12.4. The van der Waals surface area contributed by atoms with Crippen molar-refractivity contribution >= 4 is 0 Å². The molecular weight excluding hydrogens is 198 g/mol. The maximum absolute atomic E-state index is 5.70. The zero-order valence-corrected chi connectivity index (χ0v) is 11.9. The summed E-state index contributed by atoms with van der Waals surface area (Å²) in [6, 6.07) is 0.688.